The van der Waals surface area contributed by atoms with Crippen LogP contribution in [0.15, 0.2) is 22.7 Å². The molecule has 2 nitrogen and oxygen atoms in total. The van der Waals surface area contributed by atoms with Gasteiger partial charge in [-0.1, -0.05) is 35.7 Å². The fraction of sp³-hybridized carbons (Fsp3) is 0.533. The standard InChI is InChI=1S/C15H19BrN2/c1-11-3-2-4-14(7-5-11)18-15-8-6-13(16)9-12(15)10-17/h6,8-9,11,14,18H,2-5,7H2,1H3. The van der Waals surface area contributed by atoms with E-state index in [9.17, 15) is 0 Å². The van der Waals surface area contributed by atoms with Crippen LogP contribution in [-0.2, 0) is 0 Å². The molecular formula is C15H19BrN2. The van der Waals surface area contributed by atoms with E-state index in [4.69, 9.17) is 5.26 Å². The lowest BCUT2D eigenvalue weighted by Crippen LogP contribution is -2.19. The Balaban J connectivity index is 2.07. The third-order valence-electron chi connectivity index (χ3n) is 3.72. The molecule has 0 aliphatic heterocycles. The highest BCUT2D eigenvalue weighted by Crippen LogP contribution is 2.27. The van der Waals surface area contributed by atoms with E-state index in [1.165, 1.54) is 32.1 Å². The van der Waals surface area contributed by atoms with Gasteiger partial charge in [0.05, 0.1) is 11.3 Å². The van der Waals surface area contributed by atoms with Crippen LogP contribution in [0.25, 0.3) is 0 Å². The molecule has 0 saturated heterocycles. The summed E-state index contributed by atoms with van der Waals surface area (Å²) in [7, 11) is 0. The molecule has 1 fully saturated rings. The summed E-state index contributed by atoms with van der Waals surface area (Å²) >= 11 is 3.40. The van der Waals surface area contributed by atoms with Crippen molar-refractivity contribution in [2.75, 3.05) is 5.32 Å². The van der Waals surface area contributed by atoms with Crippen LogP contribution in [0.2, 0.25) is 0 Å². The van der Waals surface area contributed by atoms with Gasteiger partial charge in [-0.2, -0.15) is 5.26 Å². The molecule has 0 amide bonds. The number of hydrogen-bond acceptors (Lipinski definition) is 2. The van der Waals surface area contributed by atoms with Crippen LogP contribution in [-0.4, -0.2) is 6.04 Å². The molecule has 1 aliphatic rings. The molecule has 1 aliphatic carbocycles. The first-order chi connectivity index (χ1) is 8.69. The van der Waals surface area contributed by atoms with Crippen molar-refractivity contribution in [3.63, 3.8) is 0 Å². The molecule has 18 heavy (non-hydrogen) atoms. The van der Waals surface area contributed by atoms with Gasteiger partial charge >= 0.3 is 0 Å². The number of rotatable bonds is 2. The lowest BCUT2D eigenvalue weighted by molar-refractivity contribution is 0.502. The van der Waals surface area contributed by atoms with E-state index in [1.54, 1.807) is 0 Å². The predicted molar refractivity (Wildman–Crippen MR) is 78.5 cm³/mol. The molecule has 0 bridgehead atoms. The van der Waals surface area contributed by atoms with E-state index in [-0.39, 0.29) is 0 Å². The highest BCUT2D eigenvalue weighted by Gasteiger charge is 2.16. The number of anilines is 1. The zero-order chi connectivity index (χ0) is 13.0. The minimum absolute atomic E-state index is 0.517. The second-order valence-electron chi connectivity index (χ2n) is 5.26. The molecule has 0 heterocycles. The average molecular weight is 307 g/mol. The minimum atomic E-state index is 0.517. The van der Waals surface area contributed by atoms with Crippen molar-refractivity contribution < 1.29 is 0 Å². The molecule has 1 aromatic carbocycles. The second kappa shape index (κ2) is 6.24. The largest absolute Gasteiger partial charge is 0.381 e. The second-order valence-corrected chi connectivity index (χ2v) is 6.17. The Hall–Kier alpha value is -1.01. The molecule has 1 N–H and O–H groups in total. The molecule has 2 unspecified atom stereocenters. The van der Waals surface area contributed by atoms with Crippen molar-refractivity contribution in [1.82, 2.24) is 0 Å². The molecule has 1 aromatic rings. The van der Waals surface area contributed by atoms with Gasteiger partial charge in [-0.15, -0.1) is 0 Å². The fourth-order valence-electron chi connectivity index (χ4n) is 2.59. The first kappa shape index (κ1) is 13.4. The number of nitriles is 1. The van der Waals surface area contributed by atoms with E-state index < -0.39 is 0 Å². The predicted octanol–water partition coefficient (Wildman–Crippen LogP) is 4.70. The van der Waals surface area contributed by atoms with Gasteiger partial charge in [-0.05, 0) is 43.4 Å². The van der Waals surface area contributed by atoms with Crippen LogP contribution < -0.4 is 5.32 Å². The van der Waals surface area contributed by atoms with E-state index in [0.717, 1.165) is 21.6 Å². The van der Waals surface area contributed by atoms with Crippen LogP contribution in [0.4, 0.5) is 5.69 Å². The van der Waals surface area contributed by atoms with Gasteiger partial charge in [0.15, 0.2) is 0 Å². The maximum absolute atomic E-state index is 9.16. The summed E-state index contributed by atoms with van der Waals surface area (Å²) in [5.41, 5.74) is 1.70. The van der Waals surface area contributed by atoms with Gasteiger partial charge in [-0.25, -0.2) is 0 Å². The summed E-state index contributed by atoms with van der Waals surface area (Å²) < 4.78 is 0.957. The zero-order valence-corrected chi connectivity index (χ0v) is 12.3. The molecule has 2 rings (SSSR count). The van der Waals surface area contributed by atoms with Crippen LogP contribution in [0, 0.1) is 17.2 Å². The summed E-state index contributed by atoms with van der Waals surface area (Å²) in [6, 6.07) is 8.64. The monoisotopic (exact) mass is 306 g/mol. The number of nitrogens with one attached hydrogen (secondary N) is 1. The molecule has 2 atom stereocenters. The van der Waals surface area contributed by atoms with Gasteiger partial charge in [0.1, 0.15) is 6.07 Å². The third kappa shape index (κ3) is 3.49. The lowest BCUT2D eigenvalue weighted by atomic mass is 10.0. The molecule has 0 spiro atoms. The number of hydrogen-bond donors (Lipinski definition) is 1. The molecule has 0 radical (unpaired) electrons. The van der Waals surface area contributed by atoms with E-state index in [0.29, 0.717) is 6.04 Å². The minimum Gasteiger partial charge on any atom is -0.381 e. The Bertz CT molecular complexity index is 450. The lowest BCUT2D eigenvalue weighted by Gasteiger charge is -2.18. The van der Waals surface area contributed by atoms with Crippen molar-refractivity contribution in [3.05, 3.63) is 28.2 Å². The fourth-order valence-corrected chi connectivity index (χ4v) is 2.95. The summed E-state index contributed by atoms with van der Waals surface area (Å²) in [4.78, 5) is 0. The number of halogens is 1. The Morgan fingerprint density at radius 3 is 2.89 bits per heavy atom. The van der Waals surface area contributed by atoms with Crippen molar-refractivity contribution in [1.29, 1.82) is 5.26 Å². The highest BCUT2D eigenvalue weighted by molar-refractivity contribution is 9.10. The van der Waals surface area contributed by atoms with Crippen LogP contribution in [0.3, 0.4) is 0 Å². The van der Waals surface area contributed by atoms with E-state index >= 15 is 0 Å². The van der Waals surface area contributed by atoms with E-state index in [2.05, 4.69) is 34.2 Å². The summed E-state index contributed by atoms with van der Waals surface area (Å²) in [5.74, 6) is 0.845. The van der Waals surface area contributed by atoms with Crippen LogP contribution in [0.1, 0.15) is 44.6 Å². The normalized spacial score (nSPS) is 24.1. The maximum Gasteiger partial charge on any atom is 0.101 e. The SMILES string of the molecule is CC1CCCC(Nc2ccc(Br)cc2C#N)CC1. The quantitative estimate of drug-likeness (QED) is 0.804. The van der Waals surface area contributed by atoms with Gasteiger partial charge in [-0.3, -0.25) is 0 Å². The Morgan fingerprint density at radius 1 is 1.28 bits per heavy atom. The highest BCUT2D eigenvalue weighted by atomic mass is 79.9. The molecule has 0 aromatic heterocycles. The van der Waals surface area contributed by atoms with Gasteiger partial charge < -0.3 is 5.32 Å². The first-order valence-electron chi connectivity index (χ1n) is 6.65. The topological polar surface area (TPSA) is 35.8 Å². The summed E-state index contributed by atoms with van der Waals surface area (Å²) in [6.45, 7) is 2.34. The Morgan fingerprint density at radius 2 is 2.11 bits per heavy atom. The van der Waals surface area contributed by atoms with Crippen molar-refractivity contribution >= 4 is 21.6 Å². The van der Waals surface area contributed by atoms with Gasteiger partial charge in [0.2, 0.25) is 0 Å². The molecule has 1 saturated carbocycles. The van der Waals surface area contributed by atoms with Crippen molar-refractivity contribution in [3.8, 4) is 6.07 Å². The van der Waals surface area contributed by atoms with Crippen LogP contribution in [0.5, 0.6) is 0 Å². The van der Waals surface area contributed by atoms with Crippen molar-refractivity contribution in [2.24, 2.45) is 5.92 Å². The third-order valence-corrected chi connectivity index (χ3v) is 4.21. The maximum atomic E-state index is 9.16. The van der Waals surface area contributed by atoms with Crippen LogP contribution >= 0.6 is 15.9 Å². The Kier molecular flexibility index (Phi) is 4.66. The first-order valence-corrected chi connectivity index (χ1v) is 7.44. The van der Waals surface area contributed by atoms with E-state index in [1.807, 2.05) is 18.2 Å². The molecule has 96 valence electrons. The number of benzene rings is 1. The molecular weight excluding hydrogens is 288 g/mol. The number of nitrogens with zero attached hydrogens (tertiary/aromatic N) is 1. The summed E-state index contributed by atoms with van der Waals surface area (Å²) in [6.07, 6.45) is 6.34. The zero-order valence-electron chi connectivity index (χ0n) is 10.7. The smallest absolute Gasteiger partial charge is 0.101 e. The van der Waals surface area contributed by atoms with Gasteiger partial charge in [0, 0.05) is 10.5 Å². The van der Waals surface area contributed by atoms with Gasteiger partial charge in [0.25, 0.3) is 0 Å². The Labute approximate surface area is 118 Å². The van der Waals surface area contributed by atoms with Crippen molar-refractivity contribution in [2.45, 2.75) is 45.1 Å². The summed E-state index contributed by atoms with van der Waals surface area (Å²) in [5, 5.41) is 12.7. The molecule has 3 heteroatoms. The average Bonchev–Trinajstić information content (AvgIpc) is 2.56.